The zero-order valence-corrected chi connectivity index (χ0v) is 45.5. The molecule has 0 fully saturated rings. The van der Waals surface area contributed by atoms with Crippen LogP contribution < -0.4 is 0 Å². The van der Waals surface area contributed by atoms with Crippen LogP contribution in [0.15, 0.2) is 289 Å². The second-order valence-electron chi connectivity index (χ2n) is 18.0. The smallest absolute Gasteiger partial charge is 0.0270 e. The van der Waals surface area contributed by atoms with Gasteiger partial charge in [-0.15, -0.1) is 12.8 Å². The van der Waals surface area contributed by atoms with E-state index >= 15 is 0 Å². The molecule has 0 unspecified atom stereocenters. The molecule has 0 saturated heterocycles. The number of hydrogen-bond donors (Lipinski definition) is 0. The Morgan fingerprint density at radius 2 is 1.46 bits per heavy atom. The van der Waals surface area contributed by atoms with Crippen molar-refractivity contribution in [3.8, 4) is 24.0 Å². The van der Waals surface area contributed by atoms with Crippen molar-refractivity contribution in [3.63, 3.8) is 0 Å². The number of aliphatic imine (C=N–C) groups is 1. The van der Waals surface area contributed by atoms with Crippen LogP contribution in [0.2, 0.25) is 0 Å². The first-order valence-corrected chi connectivity index (χ1v) is 26.1. The van der Waals surface area contributed by atoms with E-state index in [2.05, 4.69) is 299 Å². The van der Waals surface area contributed by atoms with Crippen LogP contribution in [0.4, 0.5) is 0 Å². The summed E-state index contributed by atoms with van der Waals surface area (Å²) < 4.78 is 0. The molecule has 4 aromatic carbocycles. The van der Waals surface area contributed by atoms with E-state index in [0.717, 1.165) is 65.9 Å². The normalized spacial score (nSPS) is 13.9. The summed E-state index contributed by atoms with van der Waals surface area (Å²) in [6.45, 7) is 23.5. The predicted molar refractivity (Wildman–Crippen MR) is 332 cm³/mol. The second-order valence-corrected chi connectivity index (χ2v) is 18.0. The van der Waals surface area contributed by atoms with E-state index in [-0.39, 0.29) is 0 Å². The highest BCUT2D eigenvalue weighted by molar-refractivity contribution is 5.86. The van der Waals surface area contributed by atoms with Crippen molar-refractivity contribution in [2.24, 2.45) is 10.9 Å². The standard InChI is InChI=1S/C66H67N.C5H12.C2H2/c1-7-10-12-17-27-53(4)55(6)51-64(60-32-20-13-14-21-33-60)47-44-58-41-39-57(40-42-58)43-46-61(59(26-9-3)36-24-30-56-28-18-15-19-29-56)37-25-49-67-50-48-62(31-11-8-2)65-45-38-54(5)66(52-65)63-34-22-16-23-35-63;1-4-5(2)3;1-2/h8-13,15-29,32-43,45-52H,3-4,7,14,30-31,44H2,1-2,5-6H3;5H,4H2,1-3H3;1-2H/b11-8?,12-10-,27-17-,36-24-,46-43-,49-25+,55-51+,59-26+,61-37+,62-48+,64-47+,67-50+;;. The van der Waals surface area contributed by atoms with Gasteiger partial charge in [-0.05, 0) is 155 Å². The maximum Gasteiger partial charge on any atom is 0.0270 e. The Morgan fingerprint density at radius 3 is 2.15 bits per heavy atom. The lowest BCUT2D eigenvalue weighted by molar-refractivity contribution is 0.626. The zero-order valence-electron chi connectivity index (χ0n) is 45.5. The maximum absolute atomic E-state index is 4.70. The van der Waals surface area contributed by atoms with Crippen molar-refractivity contribution in [3.05, 3.63) is 311 Å². The minimum atomic E-state index is 0.806. The molecule has 1 aliphatic carbocycles. The Morgan fingerprint density at radius 1 is 0.757 bits per heavy atom. The molecule has 0 atom stereocenters. The molecular weight excluding hydrogens is 891 g/mol. The lowest BCUT2D eigenvalue weighted by Gasteiger charge is -2.11. The summed E-state index contributed by atoms with van der Waals surface area (Å²) in [7, 11) is 0. The lowest BCUT2D eigenvalue weighted by atomic mass is 9.94. The van der Waals surface area contributed by atoms with E-state index in [1.807, 2.05) is 24.6 Å². The zero-order chi connectivity index (χ0) is 53.6. The largest absolute Gasteiger partial charge is 0.265 e. The number of rotatable bonds is 23. The van der Waals surface area contributed by atoms with Gasteiger partial charge in [0.25, 0.3) is 0 Å². The van der Waals surface area contributed by atoms with Gasteiger partial charge in [0.2, 0.25) is 0 Å². The number of nitrogens with zero attached hydrogens (tertiary/aromatic N) is 1. The molecule has 1 aliphatic rings. The average molecular weight is 972 g/mol. The van der Waals surface area contributed by atoms with E-state index < -0.39 is 0 Å². The number of benzene rings is 4. The van der Waals surface area contributed by atoms with E-state index in [1.54, 1.807) is 0 Å². The molecule has 0 heterocycles. The van der Waals surface area contributed by atoms with Gasteiger partial charge in [0.1, 0.15) is 0 Å². The lowest BCUT2D eigenvalue weighted by Crippen LogP contribution is -1.90. The molecule has 1 nitrogen and oxygen atoms in total. The first kappa shape index (κ1) is 60.3. The molecule has 0 saturated carbocycles. The quantitative estimate of drug-likeness (QED) is 0.0304. The summed E-state index contributed by atoms with van der Waals surface area (Å²) in [5.41, 5.74) is 16.4. The summed E-state index contributed by atoms with van der Waals surface area (Å²) in [5.74, 6) is 0.884. The molecule has 1 heteroatoms. The van der Waals surface area contributed by atoms with Crippen molar-refractivity contribution < 1.29 is 0 Å². The maximum atomic E-state index is 4.70. The molecule has 0 aliphatic heterocycles. The fourth-order valence-electron chi connectivity index (χ4n) is 7.27. The Kier molecular flexibility index (Phi) is 30.0. The molecule has 0 amide bonds. The first-order chi connectivity index (χ1) is 36.1. The van der Waals surface area contributed by atoms with Crippen LogP contribution in [0.1, 0.15) is 95.0 Å². The molecule has 378 valence electrons. The highest BCUT2D eigenvalue weighted by atomic mass is 14.7. The van der Waals surface area contributed by atoms with Crippen molar-refractivity contribution in [2.45, 2.75) is 87.0 Å². The Hall–Kier alpha value is -8.05. The number of hydrogen-bond acceptors (Lipinski definition) is 1. The predicted octanol–water partition coefficient (Wildman–Crippen LogP) is 20.4. The monoisotopic (exact) mass is 972 g/mol. The van der Waals surface area contributed by atoms with Crippen LogP contribution in [-0.4, -0.2) is 6.21 Å². The molecule has 5 rings (SSSR count). The van der Waals surface area contributed by atoms with Gasteiger partial charge in [-0.1, -0.05) is 266 Å². The molecule has 4 aromatic rings. The first-order valence-electron chi connectivity index (χ1n) is 26.1. The van der Waals surface area contributed by atoms with Crippen LogP contribution in [0, 0.1) is 25.7 Å². The van der Waals surface area contributed by atoms with Gasteiger partial charge in [0.05, 0.1) is 0 Å². The molecule has 0 radical (unpaired) electrons. The van der Waals surface area contributed by atoms with Crippen molar-refractivity contribution in [2.75, 3.05) is 0 Å². The minimum Gasteiger partial charge on any atom is -0.265 e. The second kappa shape index (κ2) is 36.8. The summed E-state index contributed by atoms with van der Waals surface area (Å²) in [5, 5.41) is 0. The Labute approximate surface area is 448 Å². The highest BCUT2D eigenvalue weighted by Crippen LogP contribution is 2.29. The van der Waals surface area contributed by atoms with Crippen LogP contribution in [-0.2, 0) is 12.8 Å². The fourth-order valence-corrected chi connectivity index (χ4v) is 7.27. The molecule has 74 heavy (non-hydrogen) atoms. The van der Waals surface area contributed by atoms with E-state index in [9.17, 15) is 0 Å². The fraction of sp³-hybridized carbons (Fsp3) is 0.192. The van der Waals surface area contributed by atoms with Crippen molar-refractivity contribution >= 4 is 17.9 Å². The summed E-state index contributed by atoms with van der Waals surface area (Å²) >= 11 is 0. The van der Waals surface area contributed by atoms with E-state index in [0.29, 0.717) is 0 Å². The average Bonchev–Trinajstić information content (AvgIpc) is 3.73. The van der Waals surface area contributed by atoms with Crippen LogP contribution in [0.5, 0.6) is 0 Å². The molecular formula is C73H81N. The summed E-state index contributed by atoms with van der Waals surface area (Å²) in [4.78, 5) is 4.70. The Balaban J connectivity index is 0.00000194. The van der Waals surface area contributed by atoms with Gasteiger partial charge in [-0.3, -0.25) is 4.99 Å². The van der Waals surface area contributed by atoms with Gasteiger partial charge >= 0.3 is 0 Å². The van der Waals surface area contributed by atoms with Crippen LogP contribution in [0.3, 0.4) is 0 Å². The number of allylic oxidation sites excluding steroid dienone is 28. The van der Waals surface area contributed by atoms with Crippen molar-refractivity contribution in [1.29, 1.82) is 0 Å². The van der Waals surface area contributed by atoms with Gasteiger partial charge in [-0.2, -0.15) is 0 Å². The third-order valence-corrected chi connectivity index (χ3v) is 12.0. The van der Waals surface area contributed by atoms with Gasteiger partial charge in [0.15, 0.2) is 0 Å². The van der Waals surface area contributed by atoms with Gasteiger partial charge in [0, 0.05) is 12.4 Å². The Bertz CT molecular complexity index is 2840. The van der Waals surface area contributed by atoms with Crippen LogP contribution >= 0.6 is 0 Å². The minimum absolute atomic E-state index is 0.806. The van der Waals surface area contributed by atoms with Gasteiger partial charge < -0.3 is 0 Å². The third kappa shape index (κ3) is 23.5. The van der Waals surface area contributed by atoms with Gasteiger partial charge in [-0.25, -0.2) is 0 Å². The van der Waals surface area contributed by atoms with Crippen LogP contribution in [0.25, 0.3) is 22.8 Å². The SMILES string of the molecule is C#C.C=C/C=C(\C=C/Cc1ccccc1)C(/C=C\c1ccc(C/C=C(\C=C(/C)C(=C)/C=C\C=C/CC)C2=CC=CCC=C2)cc1)=C/C=C/N=C/C=C(\CC=CC)c1ccc(C)c(-c2ccccc2)c1.CCC(C)C. The third-order valence-electron chi connectivity index (χ3n) is 12.0. The molecule has 0 aromatic heterocycles. The highest BCUT2D eigenvalue weighted by Gasteiger charge is 2.07. The number of terminal acetylenes is 1. The summed E-state index contributed by atoms with van der Waals surface area (Å²) in [6.07, 6.45) is 64.5. The van der Waals surface area contributed by atoms with E-state index in [4.69, 9.17) is 4.99 Å². The summed E-state index contributed by atoms with van der Waals surface area (Å²) in [6, 6.07) is 36.7. The molecule has 0 spiro atoms. The molecule has 0 N–H and O–H groups in total. The van der Waals surface area contributed by atoms with E-state index in [1.165, 1.54) is 56.5 Å². The van der Waals surface area contributed by atoms with Crippen molar-refractivity contribution in [1.82, 2.24) is 0 Å². The topological polar surface area (TPSA) is 12.4 Å². The number of aryl methyl sites for hydroxylation is 1. The molecule has 0 bridgehead atoms.